The lowest BCUT2D eigenvalue weighted by molar-refractivity contribution is 0.361. The standard InChI is InChI=1S/C14H21NS/c1-9-6-10(2)13-11(7-9)15-12(8-16-13)14(3,4)5/h6-7,12,15H,8H2,1-5H3. The highest BCUT2D eigenvalue weighted by Gasteiger charge is 2.29. The largest absolute Gasteiger partial charge is 0.380 e. The molecule has 1 aliphatic rings. The van der Waals surface area contributed by atoms with Crippen molar-refractivity contribution in [3.63, 3.8) is 0 Å². The Morgan fingerprint density at radius 1 is 1.25 bits per heavy atom. The van der Waals surface area contributed by atoms with Gasteiger partial charge in [-0.3, -0.25) is 0 Å². The maximum atomic E-state index is 3.70. The molecule has 0 aliphatic carbocycles. The first kappa shape index (κ1) is 11.8. The lowest BCUT2D eigenvalue weighted by Gasteiger charge is -2.36. The summed E-state index contributed by atoms with van der Waals surface area (Å²) < 4.78 is 0. The summed E-state index contributed by atoms with van der Waals surface area (Å²) in [5.74, 6) is 1.17. The minimum atomic E-state index is 0.322. The minimum absolute atomic E-state index is 0.322. The lowest BCUT2D eigenvalue weighted by atomic mass is 9.87. The van der Waals surface area contributed by atoms with Gasteiger partial charge in [0.15, 0.2) is 0 Å². The molecule has 2 heteroatoms. The van der Waals surface area contributed by atoms with Crippen molar-refractivity contribution in [3.05, 3.63) is 23.3 Å². The predicted molar refractivity (Wildman–Crippen MR) is 73.5 cm³/mol. The third-order valence-electron chi connectivity index (χ3n) is 3.19. The fraction of sp³-hybridized carbons (Fsp3) is 0.571. The summed E-state index contributed by atoms with van der Waals surface area (Å²) in [6.45, 7) is 11.3. The topological polar surface area (TPSA) is 12.0 Å². The van der Waals surface area contributed by atoms with E-state index in [0.717, 1.165) is 0 Å². The van der Waals surface area contributed by atoms with Crippen LogP contribution in [0.25, 0.3) is 0 Å². The Morgan fingerprint density at radius 2 is 1.94 bits per heavy atom. The first-order chi connectivity index (χ1) is 7.38. The van der Waals surface area contributed by atoms with Gasteiger partial charge >= 0.3 is 0 Å². The Balaban J connectivity index is 2.34. The van der Waals surface area contributed by atoms with E-state index < -0.39 is 0 Å². The van der Waals surface area contributed by atoms with Gasteiger partial charge in [0.05, 0.1) is 0 Å². The molecule has 1 heterocycles. The number of hydrogen-bond acceptors (Lipinski definition) is 2. The number of thioether (sulfide) groups is 1. The highest BCUT2D eigenvalue weighted by atomic mass is 32.2. The van der Waals surface area contributed by atoms with Gasteiger partial charge < -0.3 is 5.32 Å². The van der Waals surface area contributed by atoms with E-state index in [-0.39, 0.29) is 0 Å². The van der Waals surface area contributed by atoms with Crippen LogP contribution in [0.3, 0.4) is 0 Å². The maximum absolute atomic E-state index is 3.70. The second-order valence-electron chi connectivity index (χ2n) is 5.83. The summed E-state index contributed by atoms with van der Waals surface area (Å²) >= 11 is 2.00. The molecule has 0 fully saturated rings. The van der Waals surface area contributed by atoms with Gasteiger partial charge in [0.1, 0.15) is 0 Å². The van der Waals surface area contributed by atoms with E-state index in [1.54, 1.807) is 0 Å². The van der Waals surface area contributed by atoms with Crippen molar-refractivity contribution in [2.24, 2.45) is 5.41 Å². The quantitative estimate of drug-likeness (QED) is 0.722. The molecule has 1 atom stereocenters. The monoisotopic (exact) mass is 235 g/mol. The van der Waals surface area contributed by atoms with Crippen molar-refractivity contribution in [2.45, 2.75) is 45.6 Å². The summed E-state index contributed by atoms with van der Waals surface area (Å²) in [6.07, 6.45) is 0. The van der Waals surface area contributed by atoms with Crippen molar-refractivity contribution in [1.82, 2.24) is 0 Å². The summed E-state index contributed by atoms with van der Waals surface area (Å²) in [6, 6.07) is 5.10. The summed E-state index contributed by atoms with van der Waals surface area (Å²) in [4.78, 5) is 1.44. The Kier molecular flexibility index (Phi) is 2.95. The zero-order valence-electron chi connectivity index (χ0n) is 10.8. The highest BCUT2D eigenvalue weighted by molar-refractivity contribution is 7.99. The van der Waals surface area contributed by atoms with Crippen LogP contribution in [0.5, 0.6) is 0 Å². The van der Waals surface area contributed by atoms with Crippen LogP contribution in [0.1, 0.15) is 31.9 Å². The van der Waals surface area contributed by atoms with E-state index in [1.165, 1.54) is 27.5 Å². The summed E-state index contributed by atoms with van der Waals surface area (Å²) in [5.41, 5.74) is 4.40. The number of fused-ring (bicyclic) bond motifs is 1. The second-order valence-corrected chi connectivity index (χ2v) is 6.86. The third-order valence-corrected chi connectivity index (χ3v) is 4.52. The van der Waals surface area contributed by atoms with Gasteiger partial charge in [-0.05, 0) is 36.5 Å². The Labute approximate surface area is 103 Å². The average molecular weight is 235 g/mol. The maximum Gasteiger partial charge on any atom is 0.0486 e. The molecule has 1 unspecified atom stereocenters. The number of rotatable bonds is 0. The van der Waals surface area contributed by atoms with E-state index in [9.17, 15) is 0 Å². The molecule has 0 saturated heterocycles. The van der Waals surface area contributed by atoms with Crippen LogP contribution in [0.15, 0.2) is 17.0 Å². The SMILES string of the molecule is Cc1cc(C)c2c(c1)NC(C(C)(C)C)CS2. The molecule has 16 heavy (non-hydrogen) atoms. The number of benzene rings is 1. The van der Waals surface area contributed by atoms with Gasteiger partial charge in [0.25, 0.3) is 0 Å². The van der Waals surface area contributed by atoms with E-state index in [4.69, 9.17) is 0 Å². The molecular weight excluding hydrogens is 214 g/mol. The molecule has 1 aliphatic heterocycles. The lowest BCUT2D eigenvalue weighted by Crippen LogP contribution is -2.38. The minimum Gasteiger partial charge on any atom is -0.380 e. The van der Waals surface area contributed by atoms with Crippen LogP contribution in [0, 0.1) is 19.3 Å². The molecule has 1 N–H and O–H groups in total. The summed E-state index contributed by atoms with van der Waals surface area (Å²) in [5, 5.41) is 3.70. The van der Waals surface area contributed by atoms with Crippen molar-refractivity contribution in [2.75, 3.05) is 11.1 Å². The van der Waals surface area contributed by atoms with E-state index in [0.29, 0.717) is 11.5 Å². The average Bonchev–Trinajstić information content (AvgIpc) is 2.15. The Morgan fingerprint density at radius 3 is 2.56 bits per heavy atom. The molecule has 0 bridgehead atoms. The fourth-order valence-electron chi connectivity index (χ4n) is 2.12. The number of nitrogens with one attached hydrogen (secondary N) is 1. The van der Waals surface area contributed by atoms with Crippen LogP contribution in [0.4, 0.5) is 5.69 Å². The molecule has 1 aromatic rings. The van der Waals surface area contributed by atoms with Gasteiger partial charge in [0.2, 0.25) is 0 Å². The van der Waals surface area contributed by atoms with Gasteiger partial charge in [-0.2, -0.15) is 0 Å². The molecular formula is C14H21NS. The van der Waals surface area contributed by atoms with E-state index in [2.05, 4.69) is 52.1 Å². The molecule has 0 radical (unpaired) electrons. The molecule has 2 rings (SSSR count). The molecule has 1 aromatic carbocycles. The fourth-order valence-corrected chi connectivity index (χ4v) is 3.59. The zero-order valence-corrected chi connectivity index (χ0v) is 11.7. The first-order valence-electron chi connectivity index (χ1n) is 5.88. The van der Waals surface area contributed by atoms with Gasteiger partial charge in [-0.1, -0.05) is 26.8 Å². The first-order valence-corrected chi connectivity index (χ1v) is 6.87. The van der Waals surface area contributed by atoms with Gasteiger partial charge in [-0.15, -0.1) is 11.8 Å². The van der Waals surface area contributed by atoms with Crippen LogP contribution in [-0.2, 0) is 0 Å². The van der Waals surface area contributed by atoms with Gasteiger partial charge in [0, 0.05) is 22.4 Å². The van der Waals surface area contributed by atoms with Crippen molar-refractivity contribution < 1.29 is 0 Å². The number of anilines is 1. The van der Waals surface area contributed by atoms with Crippen molar-refractivity contribution in [3.8, 4) is 0 Å². The number of hydrogen-bond donors (Lipinski definition) is 1. The van der Waals surface area contributed by atoms with Crippen LogP contribution < -0.4 is 5.32 Å². The predicted octanol–water partition coefficient (Wildman–Crippen LogP) is 4.24. The van der Waals surface area contributed by atoms with E-state index >= 15 is 0 Å². The normalized spacial score (nSPS) is 20.2. The molecule has 0 aromatic heterocycles. The van der Waals surface area contributed by atoms with Crippen molar-refractivity contribution in [1.29, 1.82) is 0 Å². The van der Waals surface area contributed by atoms with Crippen LogP contribution in [0.2, 0.25) is 0 Å². The molecule has 88 valence electrons. The summed E-state index contributed by atoms with van der Waals surface area (Å²) in [7, 11) is 0. The Bertz CT molecular complexity index is 404. The molecule has 0 amide bonds. The Hall–Kier alpha value is -0.630. The van der Waals surface area contributed by atoms with Gasteiger partial charge in [-0.25, -0.2) is 0 Å². The highest BCUT2D eigenvalue weighted by Crippen LogP contribution is 2.40. The molecule has 0 saturated carbocycles. The van der Waals surface area contributed by atoms with Crippen LogP contribution in [-0.4, -0.2) is 11.8 Å². The molecule has 0 spiro atoms. The van der Waals surface area contributed by atoms with E-state index in [1.807, 2.05) is 11.8 Å². The second kappa shape index (κ2) is 3.99. The smallest absolute Gasteiger partial charge is 0.0486 e. The third kappa shape index (κ3) is 2.22. The number of aryl methyl sites for hydroxylation is 2. The van der Waals surface area contributed by atoms with Crippen molar-refractivity contribution >= 4 is 17.4 Å². The van der Waals surface area contributed by atoms with Crippen LogP contribution >= 0.6 is 11.8 Å². The molecule has 1 nitrogen and oxygen atoms in total. The zero-order chi connectivity index (χ0) is 11.9.